The van der Waals surface area contributed by atoms with Gasteiger partial charge in [-0.2, -0.15) is 0 Å². The summed E-state index contributed by atoms with van der Waals surface area (Å²) < 4.78 is 25.8. The number of benzene rings is 5. The van der Waals surface area contributed by atoms with Crippen LogP contribution >= 0.6 is 45.9 Å². The lowest BCUT2D eigenvalue weighted by molar-refractivity contribution is -0.136. The van der Waals surface area contributed by atoms with Gasteiger partial charge in [0.1, 0.15) is 80.6 Å². The molecule has 3 atom stereocenters. The Morgan fingerprint density at radius 2 is 1.21 bits per heavy atom. The number of aromatic nitrogens is 8. The van der Waals surface area contributed by atoms with E-state index in [4.69, 9.17) is 63.0 Å². The Balaban J connectivity index is 0.000000171. The number of nitrogens with one attached hydrogen (secondary N) is 4. The number of imide groups is 2. The molecule has 0 spiro atoms. The number of carbonyl (C=O) groups excluding carboxylic acids is 7. The fourth-order valence-electron chi connectivity index (χ4n) is 13.3. The highest BCUT2D eigenvalue weighted by molar-refractivity contribution is 7.15. The van der Waals surface area contributed by atoms with Gasteiger partial charge in [0.2, 0.25) is 23.6 Å². The SMILES string of the molecule is COc1cc(OC)c2c(=O)[nH]c(-c3cc(C)c(OCCO)c(C)c3)nc2c1.Cc1sc2c(c1C)C(c1ccc(Cl)cc1)=N[C@@H](CC(=O)NCCCCNC(=O)COc1cccc3c1C(=O)N(C1CCC(=O)NC1=O)C3=O)c1nnc(C)n1-2.Cc1sc2c(c1C)C(c1ccc(Cl)cc1)=N[C@@H](CC(N)=O)c1nnc(C)n1-2. The highest BCUT2D eigenvalue weighted by Gasteiger charge is 2.46. The van der Waals surface area contributed by atoms with E-state index in [9.17, 15) is 38.4 Å². The molecule has 10 aromatic rings. The Bertz CT molecular complexity index is 5390. The van der Waals surface area contributed by atoms with Crippen molar-refractivity contribution >= 4 is 110 Å². The van der Waals surface area contributed by atoms with Crippen LogP contribution in [-0.2, 0) is 24.0 Å². The van der Waals surface area contributed by atoms with E-state index in [1.165, 1.54) is 30.2 Å². The van der Waals surface area contributed by atoms with Crippen LogP contribution in [0.5, 0.6) is 23.0 Å². The standard InChI is InChI=1S/C38H37ClN8O7S.C20H22N2O5.C19H18ClN5OS/c1-19-20(2)55-38-31(19)33(22-9-11-23(39)12-10-22)42-25(34-45-44-21(3)46(34)38)17-29(49)40-15-4-5-16-41-30(50)18-54-27-8-6-7-24-32(27)37(53)47(36(24)52)26-13-14-28(48)43-35(26)51;1-11-7-13(8-12(2)18(11)27-6-5-23)19-21-15-9-14(25-3)10-16(26-4)17(15)20(24)22-19;1-9-10(2)27-19-16(9)17(12-4-6-13(20)7-5-12)22-14(8-15(21)26)18-24-23-11(3)25(18)19/h6-12,25-26H,4-5,13-18H2,1-3H3,(H,40,49)(H,41,50)(H,43,48,51);7-10,23H,5-6H2,1-4H3,(H,21,22,24);4-7,14H,8H2,1-3H3,(H2,21,26)/t25-,26?;;14-/m0.0/s1. The number of methoxy groups -OCH3 is 2. The molecule has 5 aromatic heterocycles. The molecule has 1 fully saturated rings. The predicted octanol–water partition coefficient (Wildman–Crippen LogP) is 9.95. The van der Waals surface area contributed by atoms with E-state index in [1.54, 1.807) is 41.9 Å². The zero-order valence-corrected chi connectivity index (χ0v) is 64.3. The van der Waals surface area contributed by atoms with Crippen LogP contribution in [-0.4, -0.2) is 155 Å². The number of aromatic amines is 1. The third-order valence-corrected chi connectivity index (χ3v) is 21.7. The van der Waals surface area contributed by atoms with Crippen molar-refractivity contribution in [1.29, 1.82) is 0 Å². The van der Waals surface area contributed by atoms with E-state index in [1.807, 2.05) is 97.5 Å². The predicted molar refractivity (Wildman–Crippen MR) is 412 cm³/mol. The van der Waals surface area contributed by atoms with Crippen LogP contribution in [0.15, 0.2) is 106 Å². The van der Waals surface area contributed by atoms with Gasteiger partial charge < -0.3 is 45.4 Å². The average Bonchev–Trinajstić information content (AvgIpc) is 1.62. The smallest absolute Gasteiger partial charge is 0.266 e. The maximum absolute atomic E-state index is 13.3. The number of rotatable bonds is 21. The number of carbonyl (C=O) groups is 7. The molecule has 7 N–H and O–H groups in total. The van der Waals surface area contributed by atoms with Gasteiger partial charge in [0.25, 0.3) is 23.3 Å². The summed E-state index contributed by atoms with van der Waals surface area (Å²) >= 11 is 15.6. The molecule has 28 nitrogen and oxygen atoms in total. The lowest BCUT2D eigenvalue weighted by atomic mass is 9.99. The van der Waals surface area contributed by atoms with Gasteiger partial charge in [0.05, 0.1) is 61.7 Å². The fourth-order valence-corrected chi connectivity index (χ4v) is 16.0. The Hall–Kier alpha value is -11.3. The highest BCUT2D eigenvalue weighted by atomic mass is 35.5. The number of aryl methyl sites for hydroxylation is 6. The van der Waals surface area contributed by atoms with Crippen molar-refractivity contribution in [2.75, 3.05) is 47.1 Å². The van der Waals surface area contributed by atoms with Gasteiger partial charge in [-0.05, 0) is 145 Å². The third kappa shape index (κ3) is 16.2. The number of aliphatic hydroxyl groups excluding tert-OH is 1. The molecule has 0 aliphatic carbocycles. The minimum Gasteiger partial charge on any atom is -0.497 e. The molecule has 14 rings (SSSR count). The third-order valence-electron chi connectivity index (χ3n) is 18.8. The second kappa shape index (κ2) is 33.0. The average molecular weight is 1560 g/mol. The summed E-state index contributed by atoms with van der Waals surface area (Å²) in [6, 6.07) is 24.4. The van der Waals surface area contributed by atoms with E-state index < -0.39 is 60.2 Å². The fraction of sp³-hybridized carbons (Fsp3) is 0.312. The topological polar surface area (TPSA) is 374 Å². The van der Waals surface area contributed by atoms with Crippen LogP contribution in [0, 0.1) is 55.4 Å². The molecule has 32 heteroatoms. The minimum atomic E-state index is -1.11. The summed E-state index contributed by atoms with van der Waals surface area (Å²) in [5.41, 5.74) is 16.0. The highest BCUT2D eigenvalue weighted by Crippen LogP contribution is 2.43. The van der Waals surface area contributed by atoms with Crippen LogP contribution in [0.1, 0.15) is 149 Å². The zero-order chi connectivity index (χ0) is 77.8. The van der Waals surface area contributed by atoms with Crippen molar-refractivity contribution in [2.24, 2.45) is 15.7 Å². The molecule has 4 aliphatic heterocycles. The lowest BCUT2D eigenvalue weighted by Gasteiger charge is -2.27. The summed E-state index contributed by atoms with van der Waals surface area (Å²) in [6.45, 7) is 16.4. The first-order valence-electron chi connectivity index (χ1n) is 34.8. The number of unbranched alkanes of at least 4 members (excludes halogenated alkanes) is 1. The number of H-pyrrole nitrogens is 1. The Labute approximate surface area is 643 Å². The Morgan fingerprint density at radius 3 is 1.74 bits per heavy atom. The van der Waals surface area contributed by atoms with Crippen molar-refractivity contribution in [2.45, 2.75) is 112 Å². The van der Waals surface area contributed by atoms with E-state index in [0.717, 1.165) is 92.8 Å². The van der Waals surface area contributed by atoms with Crippen LogP contribution in [0.25, 0.3) is 32.3 Å². The number of hydrogen-bond acceptors (Lipinski definition) is 22. The van der Waals surface area contributed by atoms with Crippen LogP contribution in [0.2, 0.25) is 10.0 Å². The quantitative estimate of drug-likeness (QED) is 0.0288. The maximum Gasteiger partial charge on any atom is 0.266 e. The molecule has 1 saturated heterocycles. The molecular weight excluding hydrogens is 1480 g/mol. The second-order valence-corrected chi connectivity index (χ2v) is 29.4. The monoisotopic (exact) mass is 1550 g/mol. The molecule has 7 amide bonds. The molecule has 564 valence electrons. The number of piperidine rings is 1. The summed E-state index contributed by atoms with van der Waals surface area (Å²) in [5, 5.41) is 37.8. The number of fused-ring (bicyclic) bond motifs is 8. The molecule has 9 heterocycles. The summed E-state index contributed by atoms with van der Waals surface area (Å²) in [5.74, 6) is 1.22. The van der Waals surface area contributed by atoms with Crippen LogP contribution < -0.4 is 46.2 Å². The Kier molecular flexibility index (Phi) is 23.4. The first-order valence-corrected chi connectivity index (χ1v) is 37.2. The van der Waals surface area contributed by atoms with Gasteiger partial charge in [-0.1, -0.05) is 53.5 Å². The number of ether oxygens (including phenoxy) is 4. The number of amides is 7. The van der Waals surface area contributed by atoms with Gasteiger partial charge in [-0.25, -0.2) is 4.98 Å². The molecule has 1 unspecified atom stereocenters. The van der Waals surface area contributed by atoms with Crippen molar-refractivity contribution < 1.29 is 57.6 Å². The number of hydrogen-bond donors (Lipinski definition) is 6. The van der Waals surface area contributed by atoms with Gasteiger partial charge in [0.15, 0.2) is 18.3 Å². The first kappa shape index (κ1) is 77.3. The van der Waals surface area contributed by atoms with Gasteiger partial charge >= 0.3 is 0 Å². The number of aliphatic hydroxyl groups is 1. The number of nitrogens with zero attached hydrogens (tertiary/aromatic N) is 10. The van der Waals surface area contributed by atoms with E-state index >= 15 is 0 Å². The van der Waals surface area contributed by atoms with E-state index in [2.05, 4.69) is 74.0 Å². The minimum absolute atomic E-state index is 0.00279. The molecule has 109 heavy (non-hydrogen) atoms. The van der Waals surface area contributed by atoms with Crippen molar-refractivity contribution in [3.05, 3.63) is 200 Å². The lowest BCUT2D eigenvalue weighted by Crippen LogP contribution is -2.54. The number of thiophene rings is 2. The second-order valence-electron chi connectivity index (χ2n) is 26.2. The van der Waals surface area contributed by atoms with Crippen molar-refractivity contribution in [3.8, 4) is 44.4 Å². The number of aliphatic imine (C=N–C) groups is 2. The summed E-state index contributed by atoms with van der Waals surface area (Å²) in [7, 11) is 3.05. The van der Waals surface area contributed by atoms with Crippen LogP contribution in [0.3, 0.4) is 0 Å². The maximum atomic E-state index is 13.3. The largest absolute Gasteiger partial charge is 0.497 e. The molecule has 4 aliphatic rings. The molecule has 5 aromatic carbocycles. The molecular formula is C77H77Cl2N15O13S2. The van der Waals surface area contributed by atoms with Gasteiger partial charge in [0, 0.05) is 79.3 Å². The van der Waals surface area contributed by atoms with Crippen molar-refractivity contribution in [3.63, 3.8) is 0 Å². The molecule has 0 radical (unpaired) electrons. The van der Waals surface area contributed by atoms with Gasteiger partial charge in [-0.3, -0.25) is 67.7 Å². The van der Waals surface area contributed by atoms with E-state index in [0.29, 0.717) is 81.7 Å². The first-order chi connectivity index (χ1) is 52.3. The van der Waals surface area contributed by atoms with Crippen LogP contribution in [0.4, 0.5) is 0 Å². The van der Waals surface area contributed by atoms with Crippen molar-refractivity contribution in [1.82, 2.24) is 60.3 Å². The molecule has 0 saturated carbocycles. The number of halogens is 2. The number of nitrogens with two attached hydrogens (primary N) is 1. The number of primary amides is 1. The summed E-state index contributed by atoms with van der Waals surface area (Å²) in [6.07, 6.45) is 1.30. The summed E-state index contributed by atoms with van der Waals surface area (Å²) in [4.78, 5) is 121. The molecule has 0 bridgehead atoms. The Morgan fingerprint density at radius 1 is 0.651 bits per heavy atom. The van der Waals surface area contributed by atoms with Gasteiger partial charge in [-0.15, -0.1) is 43.1 Å². The van der Waals surface area contributed by atoms with E-state index in [-0.39, 0.29) is 67.2 Å². The normalized spacial score (nSPS) is 15.4. The zero-order valence-electron chi connectivity index (χ0n) is 61.1.